The standard InChI is InChI=1S/C12H15BrO3.C8H9BrO.C4H7BrO2.Na.H/c1-2-16-12(14)9-15-8-7-10-3-5-11(13)6-4-10;9-8-3-1-7(2-4-8)5-6-10;1-2-7-4(6)3-5;;/h3-6H,2,7-9H2,1H3;1-4,10H,5-6H2;2-3H2,1H3;;/q;;;+1;-1. The zero-order valence-electron chi connectivity index (χ0n) is 20.9. The molecule has 2 rings (SSSR count). The summed E-state index contributed by atoms with van der Waals surface area (Å²) in [6, 6.07) is 16.0. The smallest absolute Gasteiger partial charge is 1.00 e. The Bertz CT molecular complexity index is 780. The fourth-order valence-electron chi connectivity index (χ4n) is 2.18. The van der Waals surface area contributed by atoms with E-state index in [1.54, 1.807) is 13.8 Å². The molecule has 0 saturated carbocycles. The summed E-state index contributed by atoms with van der Waals surface area (Å²) < 4.78 is 16.6. The van der Waals surface area contributed by atoms with Crippen molar-refractivity contribution in [2.75, 3.05) is 38.4 Å². The summed E-state index contributed by atoms with van der Waals surface area (Å²) in [4.78, 5) is 21.1. The van der Waals surface area contributed by atoms with Crippen LogP contribution in [0.1, 0.15) is 26.4 Å². The first-order valence-electron chi connectivity index (χ1n) is 10.4. The quantitative estimate of drug-likeness (QED) is 0.180. The zero-order chi connectivity index (χ0) is 24.9. The summed E-state index contributed by atoms with van der Waals surface area (Å²) in [6.07, 6.45) is 1.54. The summed E-state index contributed by atoms with van der Waals surface area (Å²) >= 11 is 9.65. The molecule has 0 aliphatic heterocycles. The summed E-state index contributed by atoms with van der Waals surface area (Å²) in [5, 5.41) is 8.87. The van der Waals surface area contributed by atoms with Gasteiger partial charge >= 0.3 is 41.5 Å². The van der Waals surface area contributed by atoms with Gasteiger partial charge in [0.1, 0.15) is 11.9 Å². The number of esters is 2. The molecule has 0 saturated heterocycles. The van der Waals surface area contributed by atoms with Crippen LogP contribution in [0.4, 0.5) is 0 Å². The molecular weight excluding hydrogens is 647 g/mol. The summed E-state index contributed by atoms with van der Waals surface area (Å²) in [6.45, 7) is 5.20. The fraction of sp³-hybridized carbons (Fsp3) is 0.417. The van der Waals surface area contributed by atoms with Gasteiger partial charge in [-0.3, -0.25) is 4.79 Å². The maximum absolute atomic E-state index is 10.9. The number of rotatable bonds is 10. The third kappa shape index (κ3) is 21.1. The molecule has 0 amide bonds. The summed E-state index contributed by atoms with van der Waals surface area (Å²) in [7, 11) is 0. The van der Waals surface area contributed by atoms with Gasteiger partial charge in [0.15, 0.2) is 0 Å². The first-order valence-corrected chi connectivity index (χ1v) is 13.1. The fourth-order valence-corrected chi connectivity index (χ4v) is 2.87. The van der Waals surface area contributed by atoms with Gasteiger partial charge < -0.3 is 20.7 Å². The van der Waals surface area contributed by atoms with Gasteiger partial charge in [-0.15, -0.1) is 0 Å². The van der Waals surface area contributed by atoms with E-state index in [0.29, 0.717) is 25.2 Å². The van der Waals surface area contributed by atoms with Crippen molar-refractivity contribution in [3.8, 4) is 0 Å². The van der Waals surface area contributed by atoms with Crippen LogP contribution in [0.2, 0.25) is 0 Å². The van der Waals surface area contributed by atoms with Gasteiger partial charge in [0.05, 0.1) is 19.8 Å². The maximum atomic E-state index is 10.9. The van der Waals surface area contributed by atoms with Crippen LogP contribution in [0.3, 0.4) is 0 Å². The van der Waals surface area contributed by atoms with Crippen LogP contribution in [0.25, 0.3) is 0 Å². The molecule has 0 atom stereocenters. The molecule has 6 nitrogen and oxygen atoms in total. The monoisotopic (exact) mass is 676 g/mol. The predicted octanol–water partition coefficient (Wildman–Crippen LogP) is 2.62. The van der Waals surface area contributed by atoms with Gasteiger partial charge in [0.2, 0.25) is 0 Å². The van der Waals surface area contributed by atoms with Crippen molar-refractivity contribution in [1.29, 1.82) is 0 Å². The van der Waals surface area contributed by atoms with Crippen molar-refractivity contribution in [3.05, 3.63) is 68.6 Å². The Hall–Kier alpha value is -0.260. The average molecular weight is 679 g/mol. The Balaban J connectivity index is -0.000000466. The minimum absolute atomic E-state index is 0. The normalized spacial score (nSPS) is 9.35. The van der Waals surface area contributed by atoms with E-state index in [4.69, 9.17) is 14.6 Å². The van der Waals surface area contributed by atoms with Gasteiger partial charge in [-0.2, -0.15) is 0 Å². The van der Waals surface area contributed by atoms with Crippen LogP contribution in [0, 0.1) is 0 Å². The topological polar surface area (TPSA) is 82.1 Å². The Morgan fingerprint density at radius 2 is 1.26 bits per heavy atom. The van der Waals surface area contributed by atoms with Gasteiger partial charge in [-0.25, -0.2) is 4.79 Å². The number of benzene rings is 2. The SMILES string of the molecule is CCOC(=O)CBr.CCOC(=O)COCCc1ccc(Br)cc1.OCCc1ccc(Br)cc1.[H-].[Na+]. The number of halogens is 3. The summed E-state index contributed by atoms with van der Waals surface area (Å²) in [5.74, 6) is -0.513. The second-order valence-electron chi connectivity index (χ2n) is 6.27. The van der Waals surface area contributed by atoms with Crippen LogP contribution in [0.5, 0.6) is 0 Å². The molecule has 186 valence electrons. The molecule has 0 bridgehead atoms. The Morgan fingerprint density at radius 3 is 1.65 bits per heavy atom. The van der Waals surface area contributed by atoms with Crippen molar-refractivity contribution in [1.82, 2.24) is 0 Å². The number of hydrogen-bond donors (Lipinski definition) is 1. The van der Waals surface area contributed by atoms with Crippen LogP contribution >= 0.6 is 47.8 Å². The minimum atomic E-state index is -0.307. The first kappa shape index (κ1) is 35.9. The van der Waals surface area contributed by atoms with Crippen molar-refractivity contribution in [3.63, 3.8) is 0 Å². The van der Waals surface area contributed by atoms with Gasteiger partial charge in [-0.1, -0.05) is 72.1 Å². The molecule has 0 unspecified atom stereocenters. The van der Waals surface area contributed by atoms with E-state index in [2.05, 4.69) is 52.5 Å². The van der Waals surface area contributed by atoms with Gasteiger partial charge in [-0.05, 0) is 62.1 Å². The van der Waals surface area contributed by atoms with E-state index in [9.17, 15) is 9.59 Å². The van der Waals surface area contributed by atoms with Gasteiger partial charge in [0.25, 0.3) is 0 Å². The predicted molar refractivity (Wildman–Crippen MR) is 142 cm³/mol. The van der Waals surface area contributed by atoms with Crippen molar-refractivity contribution >= 4 is 59.7 Å². The van der Waals surface area contributed by atoms with E-state index < -0.39 is 0 Å². The molecule has 1 N–H and O–H groups in total. The Morgan fingerprint density at radius 1 is 0.824 bits per heavy atom. The second kappa shape index (κ2) is 24.4. The number of carbonyl (C=O) groups is 2. The molecule has 0 aromatic heterocycles. The molecule has 0 radical (unpaired) electrons. The number of aliphatic hydroxyl groups is 1. The maximum Gasteiger partial charge on any atom is 1.00 e. The van der Waals surface area contributed by atoms with Crippen molar-refractivity contribution in [2.45, 2.75) is 26.7 Å². The second-order valence-corrected chi connectivity index (χ2v) is 8.66. The molecule has 2 aromatic carbocycles. The molecule has 0 spiro atoms. The first-order chi connectivity index (χ1) is 15.9. The number of alkyl halides is 1. The van der Waals surface area contributed by atoms with Crippen molar-refractivity contribution in [2.24, 2.45) is 0 Å². The minimum Gasteiger partial charge on any atom is -1.00 e. The molecule has 0 aliphatic carbocycles. The number of hydrogen-bond acceptors (Lipinski definition) is 6. The molecule has 34 heavy (non-hydrogen) atoms. The van der Waals surface area contributed by atoms with Crippen LogP contribution in [0.15, 0.2) is 57.5 Å². The van der Waals surface area contributed by atoms with E-state index in [1.165, 1.54) is 11.1 Å². The summed E-state index contributed by atoms with van der Waals surface area (Å²) in [5.41, 5.74) is 2.36. The van der Waals surface area contributed by atoms with E-state index in [0.717, 1.165) is 21.8 Å². The zero-order valence-corrected chi connectivity index (χ0v) is 26.7. The Labute approximate surface area is 251 Å². The van der Waals surface area contributed by atoms with Crippen LogP contribution < -0.4 is 29.6 Å². The molecule has 10 heteroatoms. The Kier molecular flexibility index (Phi) is 25.8. The number of ether oxygens (including phenoxy) is 3. The molecule has 0 fully saturated rings. The van der Waals surface area contributed by atoms with Crippen LogP contribution in [-0.2, 0) is 36.6 Å². The van der Waals surface area contributed by atoms with Crippen molar-refractivity contribution < 1.29 is 59.9 Å². The largest absolute Gasteiger partial charge is 1.00 e. The van der Waals surface area contributed by atoms with E-state index >= 15 is 0 Å². The molecule has 0 aliphatic rings. The number of aliphatic hydroxyl groups excluding tert-OH is 1. The van der Waals surface area contributed by atoms with Gasteiger partial charge in [0, 0.05) is 15.6 Å². The van der Waals surface area contributed by atoms with Crippen LogP contribution in [-0.4, -0.2) is 55.4 Å². The third-order valence-corrected chi connectivity index (χ3v) is 5.22. The molecule has 0 heterocycles. The molecular formula is C24H32Br3NaO6. The molecule has 2 aromatic rings. The number of carbonyl (C=O) groups excluding carboxylic acids is 2. The average Bonchev–Trinajstić information content (AvgIpc) is 2.81. The van der Waals surface area contributed by atoms with E-state index in [1.807, 2.05) is 48.5 Å². The third-order valence-electron chi connectivity index (χ3n) is 3.70. The van der Waals surface area contributed by atoms with E-state index in [-0.39, 0.29) is 56.1 Å².